The molecule has 2 fully saturated rings. The first-order valence-electron chi connectivity index (χ1n) is 11.2. The van der Waals surface area contributed by atoms with Crippen LogP contribution in [-0.2, 0) is 0 Å². The van der Waals surface area contributed by atoms with E-state index in [0.717, 1.165) is 38.5 Å². The molecule has 0 bridgehead atoms. The standard InChI is InChI=1S/C24H30N4O5/c1-32-21-13-18(25)15(14-26-17-8-10-24(30,11-9-17)16-6-7-16)12-19(21)27-23(29)20-4-3-5-22(33-2)28(20)31/h3-5,12-14,16-17,25,29-31H,6-11H2,1-2H3/p+1. The highest BCUT2D eigenvalue weighted by Crippen LogP contribution is 2.47. The molecule has 9 nitrogen and oxygen atoms in total. The third kappa shape index (κ3) is 4.88. The number of nitrogens with two attached hydrogens (primary N) is 1. The number of nitrogens with zero attached hydrogens (tertiary/aromatic N) is 2. The minimum Gasteiger partial charge on any atom is -0.494 e. The number of hydrogen-bond donors (Lipinski definition) is 4. The first-order valence-corrected chi connectivity index (χ1v) is 11.2. The SMILES string of the molecule is COc1cc(N)c(C=NC2CCC(O)(C3CC3)CC2)cc1NC(=O)c1cccc(OC)[n+]1O. The lowest BCUT2D eigenvalue weighted by Gasteiger charge is -2.35. The molecule has 0 spiro atoms. The van der Waals surface area contributed by atoms with E-state index in [4.69, 9.17) is 20.2 Å². The Morgan fingerprint density at radius 1 is 1.21 bits per heavy atom. The lowest BCUT2D eigenvalue weighted by Crippen LogP contribution is -2.40. The number of amides is 1. The number of aliphatic hydroxyl groups is 1. The summed E-state index contributed by atoms with van der Waals surface area (Å²) >= 11 is 0. The molecule has 0 unspecified atom stereocenters. The van der Waals surface area contributed by atoms with Crippen molar-refractivity contribution in [3.8, 4) is 11.6 Å². The number of carbonyl (C=O) groups excluding carboxylic acids is 1. The molecule has 176 valence electrons. The largest absolute Gasteiger partial charge is 0.494 e. The van der Waals surface area contributed by atoms with Crippen molar-refractivity contribution in [1.82, 2.24) is 0 Å². The zero-order chi connectivity index (χ0) is 23.6. The van der Waals surface area contributed by atoms with E-state index in [0.29, 0.717) is 33.3 Å². The number of anilines is 2. The average molecular weight is 456 g/mol. The van der Waals surface area contributed by atoms with Crippen molar-refractivity contribution in [1.29, 1.82) is 0 Å². The normalized spacial score (nSPS) is 22.8. The Hall–Kier alpha value is -3.33. The molecule has 1 aromatic carbocycles. The number of pyridine rings is 1. The van der Waals surface area contributed by atoms with Crippen molar-refractivity contribution in [2.45, 2.75) is 50.2 Å². The van der Waals surface area contributed by atoms with Crippen LogP contribution in [-0.4, -0.2) is 48.3 Å². The van der Waals surface area contributed by atoms with E-state index in [1.165, 1.54) is 26.4 Å². The summed E-state index contributed by atoms with van der Waals surface area (Å²) in [5, 5.41) is 23.7. The second kappa shape index (κ2) is 9.27. The zero-order valence-corrected chi connectivity index (χ0v) is 19.0. The minimum atomic E-state index is -0.547. The summed E-state index contributed by atoms with van der Waals surface area (Å²) in [6.07, 6.45) is 7.22. The van der Waals surface area contributed by atoms with Gasteiger partial charge in [-0.1, -0.05) is 0 Å². The van der Waals surface area contributed by atoms with Crippen LogP contribution in [0.1, 0.15) is 54.6 Å². The maximum Gasteiger partial charge on any atom is 0.417 e. The Bertz CT molecular complexity index is 1060. The first-order chi connectivity index (χ1) is 15.8. The van der Waals surface area contributed by atoms with Crippen LogP contribution in [0.25, 0.3) is 0 Å². The van der Waals surface area contributed by atoms with Gasteiger partial charge in [0.2, 0.25) is 0 Å². The quantitative estimate of drug-likeness (QED) is 0.220. The summed E-state index contributed by atoms with van der Waals surface area (Å²) in [4.78, 5) is 17.5. The van der Waals surface area contributed by atoms with E-state index >= 15 is 0 Å². The Morgan fingerprint density at radius 2 is 1.94 bits per heavy atom. The van der Waals surface area contributed by atoms with Gasteiger partial charge in [0.25, 0.3) is 0 Å². The van der Waals surface area contributed by atoms with Crippen LogP contribution in [0.3, 0.4) is 0 Å². The number of rotatable bonds is 7. The van der Waals surface area contributed by atoms with Crippen molar-refractivity contribution in [3.63, 3.8) is 0 Å². The van der Waals surface area contributed by atoms with Crippen LogP contribution in [0.15, 0.2) is 35.3 Å². The topological polar surface area (TPSA) is 130 Å². The molecule has 0 atom stereocenters. The van der Waals surface area contributed by atoms with Crippen LogP contribution in [0.4, 0.5) is 11.4 Å². The van der Waals surface area contributed by atoms with Gasteiger partial charge in [0.1, 0.15) is 5.75 Å². The number of hydrogen-bond acceptors (Lipinski definition) is 7. The summed E-state index contributed by atoms with van der Waals surface area (Å²) in [5.74, 6) is 0.431. The van der Waals surface area contributed by atoms with Gasteiger partial charge in [-0.3, -0.25) is 15.0 Å². The minimum absolute atomic E-state index is 0.00574. The predicted octanol–water partition coefficient (Wildman–Crippen LogP) is 2.57. The zero-order valence-electron chi connectivity index (χ0n) is 19.0. The van der Waals surface area contributed by atoms with Crippen LogP contribution in [0.5, 0.6) is 11.6 Å². The van der Waals surface area contributed by atoms with E-state index in [2.05, 4.69) is 5.32 Å². The molecule has 2 aliphatic rings. The Kier molecular flexibility index (Phi) is 6.42. The molecule has 0 aliphatic heterocycles. The fourth-order valence-corrected chi connectivity index (χ4v) is 4.45. The third-order valence-electron chi connectivity index (χ3n) is 6.61. The maximum absolute atomic E-state index is 12.8. The second-order valence-electron chi connectivity index (χ2n) is 8.79. The molecule has 2 aromatic rings. The number of benzene rings is 1. The highest BCUT2D eigenvalue weighted by atomic mass is 16.5. The molecule has 4 rings (SSSR count). The fraction of sp³-hybridized carbons (Fsp3) is 0.458. The summed E-state index contributed by atoms with van der Waals surface area (Å²) < 4.78 is 11.1. The van der Waals surface area contributed by atoms with Crippen molar-refractivity contribution >= 4 is 23.5 Å². The Morgan fingerprint density at radius 3 is 2.58 bits per heavy atom. The number of carbonyl (C=O) groups is 1. The van der Waals surface area contributed by atoms with Crippen LogP contribution in [0, 0.1) is 5.92 Å². The van der Waals surface area contributed by atoms with E-state index < -0.39 is 11.5 Å². The summed E-state index contributed by atoms with van der Waals surface area (Å²) in [5.41, 5.74) is 7.19. The van der Waals surface area contributed by atoms with Gasteiger partial charge in [-0.2, -0.15) is 0 Å². The summed E-state index contributed by atoms with van der Waals surface area (Å²) in [6, 6.07) is 8.06. The van der Waals surface area contributed by atoms with Crippen molar-refractivity contribution in [2.75, 3.05) is 25.3 Å². The van der Waals surface area contributed by atoms with Gasteiger partial charge in [0, 0.05) is 29.6 Å². The van der Waals surface area contributed by atoms with Crippen LogP contribution in [0.2, 0.25) is 0 Å². The van der Waals surface area contributed by atoms with Crippen molar-refractivity contribution in [2.24, 2.45) is 10.9 Å². The molecule has 0 radical (unpaired) electrons. The van der Waals surface area contributed by atoms with E-state index in [1.807, 2.05) is 0 Å². The van der Waals surface area contributed by atoms with Crippen molar-refractivity contribution < 1.29 is 29.3 Å². The smallest absolute Gasteiger partial charge is 0.417 e. The predicted molar refractivity (Wildman–Crippen MR) is 123 cm³/mol. The number of nitrogen functional groups attached to an aromatic ring is 1. The molecule has 2 aliphatic carbocycles. The maximum atomic E-state index is 12.8. The van der Waals surface area contributed by atoms with Gasteiger partial charge in [-0.05, 0) is 56.6 Å². The molecule has 1 heterocycles. The molecule has 1 amide bonds. The number of nitrogens with one attached hydrogen (secondary N) is 1. The number of ether oxygens (including phenoxy) is 2. The van der Waals surface area contributed by atoms with Gasteiger partial charge >= 0.3 is 17.5 Å². The molecular weight excluding hydrogens is 424 g/mol. The lowest BCUT2D eigenvalue weighted by molar-refractivity contribution is -0.907. The number of aromatic nitrogens is 1. The fourth-order valence-electron chi connectivity index (χ4n) is 4.45. The third-order valence-corrected chi connectivity index (χ3v) is 6.61. The molecule has 0 saturated heterocycles. The van der Waals surface area contributed by atoms with Gasteiger partial charge in [-0.25, -0.2) is 0 Å². The van der Waals surface area contributed by atoms with Crippen LogP contribution >= 0.6 is 0 Å². The summed E-state index contributed by atoms with van der Waals surface area (Å²) in [6.45, 7) is 0. The average Bonchev–Trinajstić information content (AvgIpc) is 3.66. The van der Waals surface area contributed by atoms with Gasteiger partial charge in [0.05, 0.1) is 42.3 Å². The number of aliphatic imine (C=N–C) groups is 1. The monoisotopic (exact) mass is 455 g/mol. The van der Waals surface area contributed by atoms with Gasteiger partial charge in [0.15, 0.2) is 0 Å². The van der Waals surface area contributed by atoms with Crippen LogP contribution < -0.4 is 25.3 Å². The molecule has 9 heteroatoms. The highest BCUT2D eigenvalue weighted by molar-refractivity contribution is 6.04. The molecular formula is C24H31N4O5+. The molecule has 2 saturated carbocycles. The van der Waals surface area contributed by atoms with E-state index in [9.17, 15) is 15.1 Å². The highest BCUT2D eigenvalue weighted by Gasteiger charge is 2.45. The molecule has 1 aromatic heterocycles. The number of methoxy groups -OCH3 is 2. The Balaban J connectivity index is 1.50. The lowest BCUT2D eigenvalue weighted by atomic mass is 9.79. The second-order valence-corrected chi connectivity index (χ2v) is 8.79. The summed E-state index contributed by atoms with van der Waals surface area (Å²) in [7, 11) is 2.89. The Labute approximate surface area is 192 Å². The first kappa shape index (κ1) is 22.8. The molecule has 33 heavy (non-hydrogen) atoms. The van der Waals surface area contributed by atoms with E-state index in [1.54, 1.807) is 24.4 Å². The van der Waals surface area contributed by atoms with E-state index in [-0.39, 0.29) is 17.6 Å². The molecule has 5 N–H and O–H groups in total. The van der Waals surface area contributed by atoms with Crippen molar-refractivity contribution in [3.05, 3.63) is 41.6 Å². The van der Waals surface area contributed by atoms with Gasteiger partial charge in [-0.15, -0.1) is 0 Å². The van der Waals surface area contributed by atoms with Gasteiger partial charge < -0.3 is 25.6 Å².